The first kappa shape index (κ1) is 14.6. The van der Waals surface area contributed by atoms with Gasteiger partial charge < -0.3 is 13.9 Å². The fraction of sp³-hybridized carbons (Fsp3) is 0.412. The van der Waals surface area contributed by atoms with Crippen molar-refractivity contribution < 1.29 is 9.21 Å². The number of furan rings is 1. The quantitative estimate of drug-likeness (QED) is 0.855. The summed E-state index contributed by atoms with van der Waals surface area (Å²) in [5.74, 6) is 0.743. The molecule has 2 aromatic rings. The Morgan fingerprint density at radius 2 is 2.00 bits per heavy atom. The standard InChI is InChI=1S/C17H20N2O3/c1-12-6-10-22-16(12)17(21)19-8-4-13(5-9-19)14-3-7-18(2)15(20)11-14/h3,6-7,10-11,13H,4-5,8-9H2,1-2H3. The van der Waals surface area contributed by atoms with E-state index in [0.29, 0.717) is 24.8 Å². The Hall–Kier alpha value is -2.30. The van der Waals surface area contributed by atoms with Crippen LogP contribution in [0.15, 0.2) is 39.9 Å². The van der Waals surface area contributed by atoms with Gasteiger partial charge in [-0.3, -0.25) is 9.59 Å². The molecule has 0 unspecified atom stereocenters. The number of carbonyl (C=O) groups excluding carboxylic acids is 1. The molecule has 0 spiro atoms. The summed E-state index contributed by atoms with van der Waals surface area (Å²) in [5, 5.41) is 0. The molecular formula is C17H20N2O3. The third-order valence-electron chi connectivity index (χ3n) is 4.44. The number of aryl methyl sites for hydroxylation is 2. The van der Waals surface area contributed by atoms with Gasteiger partial charge in [0.05, 0.1) is 6.26 Å². The normalized spacial score (nSPS) is 16.0. The Balaban J connectivity index is 1.67. The molecule has 3 rings (SSSR count). The number of nitrogens with zero attached hydrogens (tertiary/aromatic N) is 2. The molecule has 0 atom stereocenters. The van der Waals surface area contributed by atoms with Gasteiger partial charge in [-0.25, -0.2) is 0 Å². The molecule has 1 amide bonds. The van der Waals surface area contributed by atoms with Gasteiger partial charge in [0.15, 0.2) is 5.76 Å². The van der Waals surface area contributed by atoms with Crippen LogP contribution in [0, 0.1) is 6.92 Å². The summed E-state index contributed by atoms with van der Waals surface area (Å²) in [7, 11) is 1.75. The molecule has 1 saturated heterocycles. The second-order valence-electron chi connectivity index (χ2n) is 5.91. The number of aromatic nitrogens is 1. The molecule has 22 heavy (non-hydrogen) atoms. The zero-order chi connectivity index (χ0) is 15.7. The van der Waals surface area contributed by atoms with Crippen LogP contribution in [0.4, 0.5) is 0 Å². The lowest BCUT2D eigenvalue weighted by Gasteiger charge is -2.31. The number of likely N-dealkylation sites (tertiary alicyclic amines) is 1. The van der Waals surface area contributed by atoms with Crippen LogP contribution >= 0.6 is 0 Å². The summed E-state index contributed by atoms with van der Waals surface area (Å²) in [6, 6.07) is 5.51. The molecule has 0 saturated carbocycles. The van der Waals surface area contributed by atoms with E-state index in [2.05, 4.69) is 0 Å². The van der Waals surface area contributed by atoms with E-state index in [1.54, 1.807) is 36.2 Å². The maximum atomic E-state index is 12.4. The maximum Gasteiger partial charge on any atom is 0.289 e. The Morgan fingerprint density at radius 3 is 2.59 bits per heavy atom. The average molecular weight is 300 g/mol. The van der Waals surface area contributed by atoms with Crippen LogP contribution in [0.3, 0.4) is 0 Å². The van der Waals surface area contributed by atoms with Crippen LogP contribution in [0.5, 0.6) is 0 Å². The second-order valence-corrected chi connectivity index (χ2v) is 5.91. The molecule has 5 heteroatoms. The van der Waals surface area contributed by atoms with E-state index in [0.717, 1.165) is 24.0 Å². The minimum atomic E-state index is -0.0371. The van der Waals surface area contributed by atoms with Gasteiger partial charge in [-0.2, -0.15) is 0 Å². The SMILES string of the molecule is Cc1ccoc1C(=O)N1CCC(c2ccn(C)c(=O)c2)CC1. The van der Waals surface area contributed by atoms with Crippen molar-refractivity contribution in [2.75, 3.05) is 13.1 Å². The van der Waals surface area contributed by atoms with Crippen molar-refractivity contribution in [1.82, 2.24) is 9.47 Å². The molecule has 0 N–H and O–H groups in total. The molecule has 3 heterocycles. The van der Waals surface area contributed by atoms with Gasteiger partial charge in [0.2, 0.25) is 0 Å². The van der Waals surface area contributed by atoms with Gasteiger partial charge in [-0.1, -0.05) is 0 Å². The summed E-state index contributed by atoms with van der Waals surface area (Å²) in [4.78, 5) is 26.0. The molecule has 5 nitrogen and oxygen atoms in total. The van der Waals surface area contributed by atoms with Crippen molar-refractivity contribution in [1.29, 1.82) is 0 Å². The van der Waals surface area contributed by atoms with Crippen LogP contribution in [-0.2, 0) is 7.05 Å². The summed E-state index contributed by atoms with van der Waals surface area (Å²) >= 11 is 0. The van der Waals surface area contributed by atoms with Crippen LogP contribution in [0.25, 0.3) is 0 Å². The smallest absolute Gasteiger partial charge is 0.289 e. The average Bonchev–Trinajstić information content (AvgIpc) is 2.95. The van der Waals surface area contributed by atoms with E-state index >= 15 is 0 Å². The van der Waals surface area contributed by atoms with Gasteiger partial charge in [-0.05, 0) is 43.4 Å². The van der Waals surface area contributed by atoms with Crippen LogP contribution in [0.2, 0.25) is 0 Å². The lowest BCUT2D eigenvalue weighted by molar-refractivity contribution is 0.0679. The van der Waals surface area contributed by atoms with Gasteiger partial charge in [0, 0.05) is 38.0 Å². The molecule has 116 valence electrons. The van der Waals surface area contributed by atoms with Crippen molar-refractivity contribution in [2.45, 2.75) is 25.7 Å². The van der Waals surface area contributed by atoms with E-state index in [-0.39, 0.29) is 11.5 Å². The van der Waals surface area contributed by atoms with Crippen molar-refractivity contribution in [3.05, 3.63) is 57.9 Å². The summed E-state index contributed by atoms with van der Waals surface area (Å²) in [6.07, 6.45) is 5.10. The molecule has 1 aliphatic heterocycles. The number of amides is 1. The number of rotatable bonds is 2. The lowest BCUT2D eigenvalue weighted by Crippen LogP contribution is -2.38. The summed E-state index contributed by atoms with van der Waals surface area (Å²) in [6.45, 7) is 3.26. The number of piperidine rings is 1. The molecule has 1 aliphatic rings. The summed E-state index contributed by atoms with van der Waals surface area (Å²) < 4.78 is 6.86. The predicted molar refractivity (Wildman–Crippen MR) is 83.0 cm³/mol. The van der Waals surface area contributed by atoms with Crippen LogP contribution < -0.4 is 5.56 Å². The number of pyridine rings is 1. The molecule has 0 aromatic carbocycles. The molecule has 0 radical (unpaired) electrons. The third kappa shape index (κ3) is 2.71. The van der Waals surface area contributed by atoms with E-state index in [1.807, 2.05) is 17.9 Å². The Bertz CT molecular complexity index is 736. The maximum absolute atomic E-state index is 12.4. The fourth-order valence-corrected chi connectivity index (χ4v) is 2.97. The first-order chi connectivity index (χ1) is 10.6. The lowest BCUT2D eigenvalue weighted by atomic mass is 9.90. The van der Waals surface area contributed by atoms with E-state index in [9.17, 15) is 9.59 Å². The zero-order valence-electron chi connectivity index (χ0n) is 12.9. The minimum Gasteiger partial charge on any atom is -0.459 e. The molecule has 2 aromatic heterocycles. The second kappa shape index (κ2) is 5.83. The van der Waals surface area contributed by atoms with Gasteiger partial charge in [0.1, 0.15) is 0 Å². The molecular weight excluding hydrogens is 280 g/mol. The number of carbonyl (C=O) groups is 1. The Morgan fingerprint density at radius 1 is 1.27 bits per heavy atom. The topological polar surface area (TPSA) is 55.5 Å². The Labute approximate surface area is 129 Å². The highest BCUT2D eigenvalue weighted by molar-refractivity contribution is 5.92. The number of hydrogen-bond donors (Lipinski definition) is 0. The van der Waals surface area contributed by atoms with Gasteiger partial charge in [-0.15, -0.1) is 0 Å². The molecule has 0 aliphatic carbocycles. The van der Waals surface area contributed by atoms with E-state index in [1.165, 1.54) is 0 Å². The monoisotopic (exact) mass is 300 g/mol. The van der Waals surface area contributed by atoms with E-state index in [4.69, 9.17) is 4.42 Å². The Kier molecular flexibility index (Phi) is 3.88. The van der Waals surface area contributed by atoms with Crippen molar-refractivity contribution >= 4 is 5.91 Å². The van der Waals surface area contributed by atoms with Crippen LogP contribution in [0.1, 0.15) is 40.4 Å². The molecule has 1 fully saturated rings. The largest absolute Gasteiger partial charge is 0.459 e. The van der Waals surface area contributed by atoms with Crippen LogP contribution in [-0.4, -0.2) is 28.5 Å². The highest BCUT2D eigenvalue weighted by Gasteiger charge is 2.27. The summed E-state index contributed by atoms with van der Waals surface area (Å²) in [5.41, 5.74) is 1.96. The number of hydrogen-bond acceptors (Lipinski definition) is 3. The van der Waals surface area contributed by atoms with Crippen molar-refractivity contribution in [3.8, 4) is 0 Å². The van der Waals surface area contributed by atoms with Gasteiger partial charge >= 0.3 is 0 Å². The molecule has 0 bridgehead atoms. The van der Waals surface area contributed by atoms with Gasteiger partial charge in [0.25, 0.3) is 11.5 Å². The fourth-order valence-electron chi connectivity index (χ4n) is 2.97. The third-order valence-corrected chi connectivity index (χ3v) is 4.44. The van der Waals surface area contributed by atoms with Crippen molar-refractivity contribution in [2.24, 2.45) is 7.05 Å². The van der Waals surface area contributed by atoms with Crippen molar-refractivity contribution in [3.63, 3.8) is 0 Å². The first-order valence-electron chi connectivity index (χ1n) is 7.56. The highest BCUT2D eigenvalue weighted by atomic mass is 16.3. The zero-order valence-corrected chi connectivity index (χ0v) is 12.9. The predicted octanol–water partition coefficient (Wildman–Crippen LogP) is 2.31. The highest BCUT2D eigenvalue weighted by Crippen LogP contribution is 2.28. The first-order valence-corrected chi connectivity index (χ1v) is 7.56. The minimum absolute atomic E-state index is 0.0159. The van der Waals surface area contributed by atoms with E-state index < -0.39 is 0 Å².